The van der Waals surface area contributed by atoms with Gasteiger partial charge >= 0.3 is 6.09 Å². The van der Waals surface area contributed by atoms with Crippen molar-refractivity contribution in [1.82, 2.24) is 4.90 Å². The molecule has 1 fully saturated rings. The summed E-state index contributed by atoms with van der Waals surface area (Å²) < 4.78 is 5.52. The van der Waals surface area contributed by atoms with E-state index < -0.39 is 5.60 Å². The van der Waals surface area contributed by atoms with Gasteiger partial charge in [0.05, 0.1) is 6.04 Å². The van der Waals surface area contributed by atoms with Crippen LogP contribution in [0.1, 0.15) is 40.0 Å². The zero-order chi connectivity index (χ0) is 16.2. The number of hydrogen-bond donors (Lipinski definition) is 2. The first kappa shape index (κ1) is 16.5. The number of rotatable bonds is 3. The summed E-state index contributed by atoms with van der Waals surface area (Å²) in [7, 11) is 0. The topological polar surface area (TPSA) is 67.6 Å². The van der Waals surface area contributed by atoms with E-state index in [-0.39, 0.29) is 12.1 Å². The van der Waals surface area contributed by atoms with Crippen molar-refractivity contribution in [3.8, 4) is 0 Å². The Morgan fingerprint density at radius 3 is 2.64 bits per heavy atom. The molecule has 0 bridgehead atoms. The van der Waals surface area contributed by atoms with Crippen molar-refractivity contribution in [2.24, 2.45) is 0 Å². The number of ether oxygens (including phenoxy) is 1. The molecule has 3 N–H and O–H groups in total. The number of nitrogens with two attached hydrogens (primary N) is 1. The van der Waals surface area contributed by atoms with Crippen LogP contribution in [0.3, 0.4) is 0 Å². The Bertz CT molecular complexity index is 494. The molecular weight excluding hydrogens is 278 g/mol. The Balaban J connectivity index is 1.94. The van der Waals surface area contributed by atoms with Crippen molar-refractivity contribution in [3.05, 3.63) is 24.3 Å². The van der Waals surface area contributed by atoms with Crippen molar-refractivity contribution in [1.29, 1.82) is 0 Å². The van der Waals surface area contributed by atoms with E-state index in [4.69, 9.17) is 10.5 Å². The molecule has 1 aromatic carbocycles. The van der Waals surface area contributed by atoms with Gasteiger partial charge in [0.15, 0.2) is 0 Å². The largest absolute Gasteiger partial charge is 0.444 e. The summed E-state index contributed by atoms with van der Waals surface area (Å²) in [6.45, 7) is 7.19. The maximum atomic E-state index is 12.3. The van der Waals surface area contributed by atoms with Crippen LogP contribution >= 0.6 is 0 Å². The van der Waals surface area contributed by atoms with Crippen LogP contribution in [0.5, 0.6) is 0 Å². The van der Waals surface area contributed by atoms with Gasteiger partial charge in [0.2, 0.25) is 0 Å². The Labute approximate surface area is 132 Å². The highest BCUT2D eigenvalue weighted by molar-refractivity contribution is 5.68. The van der Waals surface area contributed by atoms with Crippen molar-refractivity contribution < 1.29 is 9.53 Å². The van der Waals surface area contributed by atoms with Crippen molar-refractivity contribution in [2.45, 2.75) is 51.7 Å². The Hall–Kier alpha value is -1.91. The third-order valence-electron chi connectivity index (χ3n) is 3.71. The predicted molar refractivity (Wildman–Crippen MR) is 89.9 cm³/mol. The molecule has 1 saturated heterocycles. The van der Waals surface area contributed by atoms with E-state index in [0.717, 1.165) is 43.7 Å². The van der Waals surface area contributed by atoms with E-state index in [0.29, 0.717) is 0 Å². The first-order chi connectivity index (χ1) is 10.3. The molecule has 122 valence electrons. The third kappa shape index (κ3) is 4.83. The van der Waals surface area contributed by atoms with Crippen molar-refractivity contribution >= 4 is 17.5 Å². The Morgan fingerprint density at radius 1 is 1.32 bits per heavy atom. The number of carbonyl (C=O) groups excluding carboxylic acids is 1. The fraction of sp³-hybridized carbons (Fsp3) is 0.588. The molecule has 1 atom stereocenters. The normalized spacial score (nSPS) is 18.9. The van der Waals surface area contributed by atoms with Gasteiger partial charge < -0.3 is 20.7 Å². The van der Waals surface area contributed by atoms with E-state index in [1.54, 1.807) is 0 Å². The number of anilines is 2. The van der Waals surface area contributed by atoms with Crippen LogP contribution in [0.4, 0.5) is 16.2 Å². The second kappa shape index (κ2) is 6.90. The molecular formula is C17H27N3O2. The third-order valence-corrected chi connectivity index (χ3v) is 3.71. The van der Waals surface area contributed by atoms with Gasteiger partial charge in [-0.25, -0.2) is 4.79 Å². The molecule has 0 aliphatic carbocycles. The lowest BCUT2D eigenvalue weighted by molar-refractivity contribution is 0.0114. The van der Waals surface area contributed by atoms with Crippen LogP contribution < -0.4 is 11.1 Å². The number of amides is 1. The summed E-state index contributed by atoms with van der Waals surface area (Å²) in [6.07, 6.45) is 2.97. The first-order valence-electron chi connectivity index (χ1n) is 7.94. The van der Waals surface area contributed by atoms with Gasteiger partial charge in [-0.3, -0.25) is 0 Å². The van der Waals surface area contributed by atoms with E-state index in [9.17, 15) is 4.79 Å². The quantitative estimate of drug-likeness (QED) is 0.839. The van der Waals surface area contributed by atoms with Crippen LogP contribution in [0.15, 0.2) is 24.3 Å². The zero-order valence-electron chi connectivity index (χ0n) is 13.8. The van der Waals surface area contributed by atoms with Gasteiger partial charge in [-0.2, -0.15) is 0 Å². The lowest BCUT2D eigenvalue weighted by Gasteiger charge is -2.37. The lowest BCUT2D eigenvalue weighted by Crippen LogP contribution is -2.48. The van der Waals surface area contributed by atoms with Crippen molar-refractivity contribution in [3.63, 3.8) is 0 Å². The highest BCUT2D eigenvalue weighted by atomic mass is 16.6. The van der Waals surface area contributed by atoms with E-state index >= 15 is 0 Å². The average molecular weight is 305 g/mol. The molecule has 1 amide bonds. The number of benzene rings is 1. The fourth-order valence-electron chi connectivity index (χ4n) is 2.61. The monoisotopic (exact) mass is 305 g/mol. The van der Waals surface area contributed by atoms with Gasteiger partial charge in [0, 0.05) is 24.5 Å². The minimum Gasteiger partial charge on any atom is -0.444 e. The van der Waals surface area contributed by atoms with Crippen LogP contribution in [0, 0.1) is 0 Å². The van der Waals surface area contributed by atoms with Crippen LogP contribution in [0.2, 0.25) is 0 Å². The number of hydrogen-bond acceptors (Lipinski definition) is 4. The minimum absolute atomic E-state index is 0.168. The lowest BCUT2D eigenvalue weighted by atomic mass is 10.0. The second-order valence-electron chi connectivity index (χ2n) is 6.83. The number of nitrogens with one attached hydrogen (secondary N) is 1. The zero-order valence-corrected chi connectivity index (χ0v) is 13.8. The Morgan fingerprint density at radius 2 is 2.00 bits per heavy atom. The number of nitrogens with zero attached hydrogens (tertiary/aromatic N) is 1. The van der Waals surface area contributed by atoms with E-state index in [2.05, 4.69) is 5.32 Å². The smallest absolute Gasteiger partial charge is 0.410 e. The highest BCUT2D eigenvalue weighted by Crippen LogP contribution is 2.21. The fourth-order valence-corrected chi connectivity index (χ4v) is 2.61. The summed E-state index contributed by atoms with van der Waals surface area (Å²) >= 11 is 0. The van der Waals surface area contributed by atoms with Crippen molar-refractivity contribution in [2.75, 3.05) is 24.1 Å². The molecule has 0 spiro atoms. The van der Waals surface area contributed by atoms with Gasteiger partial charge in [-0.15, -0.1) is 0 Å². The van der Waals surface area contributed by atoms with Crippen LogP contribution in [-0.4, -0.2) is 35.7 Å². The SMILES string of the molecule is CC(C)(C)OC(=O)N1CCCC[C@H]1CNc1ccc(N)cc1. The number of piperidine rings is 1. The molecule has 1 aromatic rings. The molecule has 0 unspecified atom stereocenters. The van der Waals surface area contributed by atoms with Crippen LogP contribution in [0.25, 0.3) is 0 Å². The summed E-state index contributed by atoms with van der Waals surface area (Å²) in [6, 6.07) is 7.82. The van der Waals surface area contributed by atoms with Gasteiger partial charge in [0.25, 0.3) is 0 Å². The Kier molecular flexibility index (Phi) is 5.16. The summed E-state index contributed by atoms with van der Waals surface area (Å²) in [5.74, 6) is 0. The maximum absolute atomic E-state index is 12.3. The molecule has 0 saturated carbocycles. The predicted octanol–water partition coefficient (Wildman–Crippen LogP) is 3.47. The van der Waals surface area contributed by atoms with E-state index in [1.165, 1.54) is 0 Å². The molecule has 22 heavy (non-hydrogen) atoms. The first-order valence-corrected chi connectivity index (χ1v) is 7.94. The molecule has 1 aliphatic heterocycles. The summed E-state index contributed by atoms with van der Waals surface area (Å²) in [5.41, 5.74) is 7.00. The number of nitrogen functional groups attached to an aromatic ring is 1. The summed E-state index contributed by atoms with van der Waals surface area (Å²) in [5, 5.41) is 3.38. The average Bonchev–Trinajstić information content (AvgIpc) is 2.45. The maximum Gasteiger partial charge on any atom is 0.410 e. The van der Waals surface area contributed by atoms with Gasteiger partial charge in [-0.05, 0) is 64.3 Å². The van der Waals surface area contributed by atoms with Gasteiger partial charge in [-0.1, -0.05) is 0 Å². The molecule has 0 aromatic heterocycles. The molecule has 5 heteroatoms. The summed E-state index contributed by atoms with van der Waals surface area (Å²) in [4.78, 5) is 14.2. The molecule has 1 heterocycles. The second-order valence-corrected chi connectivity index (χ2v) is 6.83. The molecule has 0 radical (unpaired) electrons. The van der Waals surface area contributed by atoms with Crippen LogP contribution in [-0.2, 0) is 4.74 Å². The molecule has 2 rings (SSSR count). The standard InChI is InChI=1S/C17H27N3O2/c1-17(2,3)22-16(21)20-11-5-4-6-15(20)12-19-14-9-7-13(18)8-10-14/h7-10,15,19H,4-6,11-12,18H2,1-3H3/t15-/m0/s1. The molecule has 1 aliphatic rings. The highest BCUT2D eigenvalue weighted by Gasteiger charge is 2.30. The number of likely N-dealkylation sites (tertiary alicyclic amines) is 1. The van der Waals surface area contributed by atoms with E-state index in [1.807, 2.05) is 49.9 Å². The van der Waals surface area contributed by atoms with Gasteiger partial charge in [0.1, 0.15) is 5.60 Å². The minimum atomic E-state index is -0.455. The number of carbonyl (C=O) groups is 1. The molecule has 5 nitrogen and oxygen atoms in total.